The van der Waals surface area contributed by atoms with E-state index in [1.165, 1.54) is 6.07 Å². The minimum absolute atomic E-state index is 0. The van der Waals surface area contributed by atoms with Crippen molar-refractivity contribution in [2.24, 2.45) is 0 Å². The normalized spacial score (nSPS) is 15.1. The number of alkyl halides is 3. The van der Waals surface area contributed by atoms with E-state index in [9.17, 15) is 13.2 Å². The van der Waals surface area contributed by atoms with E-state index in [4.69, 9.17) is 11.6 Å². The predicted molar refractivity (Wildman–Crippen MR) is 69.2 cm³/mol. The average molecular weight is 302 g/mol. The first-order valence-electron chi connectivity index (χ1n) is 4.95. The summed E-state index contributed by atoms with van der Waals surface area (Å²) in [6.07, 6.45) is 2.42. The van der Waals surface area contributed by atoms with Crippen molar-refractivity contribution in [1.29, 1.82) is 0 Å². The Labute approximate surface area is 138 Å². The van der Waals surface area contributed by atoms with Crippen molar-refractivity contribution in [1.82, 2.24) is 5.32 Å². The molecule has 0 spiro atoms. The van der Waals surface area contributed by atoms with Crippen molar-refractivity contribution in [3.8, 4) is 0 Å². The second-order valence-electron chi connectivity index (χ2n) is 3.62. The van der Waals surface area contributed by atoms with Crippen LogP contribution in [0.2, 0.25) is 5.02 Å². The molecule has 0 aliphatic carbocycles. The maximum atomic E-state index is 12.7. The van der Waals surface area contributed by atoms with E-state index in [1.54, 1.807) is 30.6 Å². The number of halogens is 4. The van der Waals surface area contributed by atoms with Crippen LogP contribution in [-0.4, -0.2) is 37.7 Å². The molecule has 2 rings (SSSR count). The van der Waals surface area contributed by atoms with Gasteiger partial charge in [-0.25, -0.2) is 0 Å². The fourth-order valence-corrected chi connectivity index (χ4v) is 2.03. The van der Waals surface area contributed by atoms with Gasteiger partial charge in [-0.1, -0.05) is 35.9 Å². The van der Waals surface area contributed by atoms with Gasteiger partial charge in [0.15, 0.2) is 0 Å². The summed E-state index contributed by atoms with van der Waals surface area (Å²) in [5, 5.41) is 2.59. The van der Waals surface area contributed by atoms with Gasteiger partial charge in [-0.15, -0.1) is 0 Å². The van der Waals surface area contributed by atoms with E-state index >= 15 is 0 Å². The molecular formula is C12H11CaClF3N. The molecule has 1 aliphatic heterocycles. The summed E-state index contributed by atoms with van der Waals surface area (Å²) in [4.78, 5) is 0. The van der Waals surface area contributed by atoms with Crippen LogP contribution in [0.4, 0.5) is 13.2 Å². The van der Waals surface area contributed by atoms with Gasteiger partial charge in [0.2, 0.25) is 0 Å². The molecular weight excluding hydrogens is 291 g/mol. The number of hydrogen-bond donors (Lipinski definition) is 1. The zero-order chi connectivity index (χ0) is 12.5. The molecule has 0 saturated carbocycles. The van der Waals surface area contributed by atoms with E-state index in [1.807, 2.05) is 0 Å². The first-order valence-corrected chi connectivity index (χ1v) is 5.33. The number of rotatable bonds is 1. The van der Waals surface area contributed by atoms with Crippen molar-refractivity contribution in [2.45, 2.75) is 12.1 Å². The molecule has 1 aromatic carbocycles. The second-order valence-corrected chi connectivity index (χ2v) is 4.00. The van der Waals surface area contributed by atoms with Crippen LogP contribution in [0.3, 0.4) is 0 Å². The van der Waals surface area contributed by atoms with E-state index in [0.29, 0.717) is 5.56 Å². The summed E-state index contributed by atoms with van der Waals surface area (Å²) in [7, 11) is 0. The summed E-state index contributed by atoms with van der Waals surface area (Å²) in [5.74, 6) is -0.231. The quantitative estimate of drug-likeness (QED) is 0.786. The summed E-state index contributed by atoms with van der Waals surface area (Å²) in [6, 6.07) is 3.95. The van der Waals surface area contributed by atoms with Crippen molar-refractivity contribution in [3.05, 3.63) is 58.9 Å². The molecule has 0 saturated heterocycles. The van der Waals surface area contributed by atoms with Crippen molar-refractivity contribution in [2.75, 3.05) is 0 Å². The van der Waals surface area contributed by atoms with Gasteiger partial charge in [-0.3, -0.25) is 0 Å². The van der Waals surface area contributed by atoms with E-state index in [2.05, 4.69) is 5.32 Å². The molecule has 6 heteroatoms. The molecule has 0 amide bonds. The zero-order valence-electron chi connectivity index (χ0n) is 8.63. The molecule has 0 unspecified atom stereocenters. The van der Waals surface area contributed by atoms with Gasteiger partial charge in [-0.05, 0) is 24.0 Å². The monoisotopic (exact) mass is 301 g/mol. The molecule has 1 aliphatic rings. The van der Waals surface area contributed by atoms with Crippen LogP contribution in [0.15, 0.2) is 42.8 Å². The average Bonchev–Trinajstić information content (AvgIpc) is 2.29. The van der Waals surface area contributed by atoms with Gasteiger partial charge < -0.3 is 5.32 Å². The Morgan fingerprint density at radius 2 is 1.72 bits per heavy atom. The van der Waals surface area contributed by atoms with Gasteiger partial charge >= 0.3 is 43.9 Å². The third-order valence-corrected chi connectivity index (χ3v) is 2.91. The molecule has 0 atom stereocenters. The number of dihydropyridines is 1. The molecule has 1 nitrogen and oxygen atoms in total. The molecule has 0 fully saturated rings. The van der Waals surface area contributed by atoms with E-state index in [0.717, 1.165) is 6.07 Å². The minimum atomic E-state index is -4.42. The van der Waals surface area contributed by atoms with Crippen LogP contribution < -0.4 is 5.32 Å². The number of benzene rings is 1. The topological polar surface area (TPSA) is 12.0 Å². The standard InChI is InChI=1S/C12H9ClF3N.Ca.2H/c13-11-9(8-4-6-17-7-5-8)2-1-3-10(11)12(14,15)16;;;/h1-8,17H;;;. The molecule has 1 aromatic rings. The van der Waals surface area contributed by atoms with Crippen LogP contribution in [0.1, 0.15) is 17.0 Å². The van der Waals surface area contributed by atoms with Crippen LogP contribution >= 0.6 is 11.6 Å². The van der Waals surface area contributed by atoms with Crippen LogP contribution in [0, 0.1) is 0 Å². The SMILES string of the molecule is FC(F)(F)c1cccc(C2C=CNC=C2)c1Cl.[CaH2]. The molecule has 0 radical (unpaired) electrons. The number of hydrogen-bond acceptors (Lipinski definition) is 1. The fourth-order valence-electron chi connectivity index (χ4n) is 1.67. The van der Waals surface area contributed by atoms with Crippen molar-refractivity contribution < 1.29 is 13.2 Å². The molecule has 0 aromatic heterocycles. The number of nitrogens with one attached hydrogen (secondary N) is 1. The van der Waals surface area contributed by atoms with Crippen LogP contribution in [-0.2, 0) is 6.18 Å². The Hall–Kier alpha value is -0.160. The number of allylic oxidation sites excluding steroid dienone is 2. The Morgan fingerprint density at radius 3 is 2.28 bits per heavy atom. The first-order chi connectivity index (χ1) is 8.00. The Kier molecular flexibility index (Phi) is 5.59. The van der Waals surface area contributed by atoms with E-state index in [-0.39, 0.29) is 48.7 Å². The van der Waals surface area contributed by atoms with Gasteiger partial charge in [0.25, 0.3) is 0 Å². The van der Waals surface area contributed by atoms with Crippen molar-refractivity contribution in [3.63, 3.8) is 0 Å². The molecule has 1 heterocycles. The molecule has 94 valence electrons. The van der Waals surface area contributed by atoms with Gasteiger partial charge in [0.05, 0.1) is 10.6 Å². The molecule has 1 N–H and O–H groups in total. The summed E-state index contributed by atoms with van der Waals surface area (Å²) in [5.41, 5.74) is -0.340. The summed E-state index contributed by atoms with van der Waals surface area (Å²) < 4.78 is 38.0. The fraction of sp³-hybridized carbons (Fsp3) is 0.167. The predicted octanol–water partition coefficient (Wildman–Crippen LogP) is 3.16. The van der Waals surface area contributed by atoms with Crippen LogP contribution in [0.25, 0.3) is 0 Å². The molecule has 18 heavy (non-hydrogen) atoms. The maximum absolute atomic E-state index is 12.7. The third-order valence-electron chi connectivity index (χ3n) is 2.49. The van der Waals surface area contributed by atoms with Crippen molar-refractivity contribution >= 4 is 49.3 Å². The van der Waals surface area contributed by atoms with Crippen LogP contribution in [0.5, 0.6) is 0 Å². The Bertz CT molecular complexity index is 471. The Morgan fingerprint density at radius 1 is 1.11 bits per heavy atom. The summed E-state index contributed by atoms with van der Waals surface area (Å²) >= 11 is 5.82. The Balaban J connectivity index is 0.00000162. The van der Waals surface area contributed by atoms with Gasteiger partial charge in [-0.2, -0.15) is 13.2 Å². The van der Waals surface area contributed by atoms with Gasteiger partial charge in [0, 0.05) is 5.92 Å². The second kappa shape index (κ2) is 6.33. The third kappa shape index (κ3) is 3.44. The van der Waals surface area contributed by atoms with Gasteiger partial charge in [0.1, 0.15) is 0 Å². The first kappa shape index (κ1) is 15.9. The van der Waals surface area contributed by atoms with E-state index < -0.39 is 11.7 Å². The zero-order valence-corrected chi connectivity index (χ0v) is 9.39. The summed E-state index contributed by atoms with van der Waals surface area (Å²) in [6.45, 7) is 0. The molecule has 0 bridgehead atoms.